The van der Waals surface area contributed by atoms with Crippen molar-refractivity contribution < 1.29 is 18.3 Å². The zero-order valence-corrected chi connectivity index (χ0v) is 18.1. The molecule has 1 saturated heterocycles. The van der Waals surface area contributed by atoms with Crippen molar-refractivity contribution >= 4 is 23.4 Å². The second-order valence-electron chi connectivity index (χ2n) is 7.22. The van der Waals surface area contributed by atoms with Crippen molar-refractivity contribution in [2.24, 2.45) is 0 Å². The Morgan fingerprint density at radius 2 is 1.78 bits per heavy atom. The molecule has 10 heteroatoms. The van der Waals surface area contributed by atoms with Gasteiger partial charge in [-0.1, -0.05) is 42.1 Å². The fraction of sp³-hybridized carbons (Fsp3) is 0.318. The van der Waals surface area contributed by atoms with Crippen LogP contribution < -0.4 is 5.32 Å². The van der Waals surface area contributed by atoms with Crippen molar-refractivity contribution in [3.05, 3.63) is 66.0 Å². The van der Waals surface area contributed by atoms with Crippen LogP contribution in [0.5, 0.6) is 0 Å². The molecule has 32 heavy (non-hydrogen) atoms. The lowest BCUT2D eigenvalue weighted by Gasteiger charge is -2.26. The SMILES string of the molecule is O=C(CSc1nnc(CN2CCOCC2)n1-c1ccccc1)Nc1ccc(C(F)F)cc1. The van der Waals surface area contributed by atoms with Gasteiger partial charge >= 0.3 is 0 Å². The van der Waals surface area contributed by atoms with Crippen LogP contribution >= 0.6 is 11.8 Å². The molecule has 0 bridgehead atoms. The number of morpholine rings is 1. The number of alkyl halides is 2. The predicted molar refractivity (Wildman–Crippen MR) is 118 cm³/mol. The summed E-state index contributed by atoms with van der Waals surface area (Å²) in [5.41, 5.74) is 1.31. The van der Waals surface area contributed by atoms with E-state index in [1.165, 1.54) is 36.0 Å². The molecular formula is C22H23F2N5O2S. The lowest BCUT2D eigenvalue weighted by Crippen LogP contribution is -2.36. The summed E-state index contributed by atoms with van der Waals surface area (Å²) in [7, 11) is 0. The molecule has 3 aromatic rings. The van der Waals surface area contributed by atoms with Crippen LogP contribution in [0.15, 0.2) is 59.8 Å². The average Bonchev–Trinajstić information content (AvgIpc) is 3.21. The van der Waals surface area contributed by atoms with Crippen LogP contribution in [0.2, 0.25) is 0 Å². The minimum absolute atomic E-state index is 0.0823. The van der Waals surface area contributed by atoms with E-state index >= 15 is 0 Å². The van der Waals surface area contributed by atoms with Gasteiger partial charge in [0.2, 0.25) is 5.91 Å². The summed E-state index contributed by atoms with van der Waals surface area (Å²) in [6.07, 6.45) is -2.54. The molecule has 0 unspecified atom stereocenters. The largest absolute Gasteiger partial charge is 0.379 e. The van der Waals surface area contributed by atoms with Crippen LogP contribution in [0.1, 0.15) is 17.8 Å². The average molecular weight is 460 g/mol. The maximum Gasteiger partial charge on any atom is 0.263 e. The smallest absolute Gasteiger partial charge is 0.263 e. The summed E-state index contributed by atoms with van der Waals surface area (Å²) in [5, 5.41) is 12.0. The van der Waals surface area contributed by atoms with Crippen LogP contribution in [0, 0.1) is 0 Å². The first-order valence-electron chi connectivity index (χ1n) is 10.2. The number of carbonyl (C=O) groups is 1. The first-order chi connectivity index (χ1) is 15.6. The van der Waals surface area contributed by atoms with Gasteiger partial charge in [0, 0.05) is 30.0 Å². The number of anilines is 1. The third kappa shape index (κ3) is 5.70. The summed E-state index contributed by atoms with van der Waals surface area (Å²) < 4.78 is 32.7. The Hall–Kier alpha value is -2.82. The van der Waals surface area contributed by atoms with Gasteiger partial charge in [0.15, 0.2) is 11.0 Å². The number of thioether (sulfide) groups is 1. The van der Waals surface area contributed by atoms with Crippen molar-refractivity contribution in [3.63, 3.8) is 0 Å². The van der Waals surface area contributed by atoms with Crippen LogP contribution in [0.25, 0.3) is 5.69 Å². The minimum Gasteiger partial charge on any atom is -0.379 e. The quantitative estimate of drug-likeness (QED) is 0.517. The highest BCUT2D eigenvalue weighted by molar-refractivity contribution is 7.99. The molecule has 2 aromatic carbocycles. The van der Waals surface area contributed by atoms with E-state index in [1.54, 1.807) is 0 Å². The van der Waals surface area contributed by atoms with Gasteiger partial charge in [-0.2, -0.15) is 0 Å². The van der Waals surface area contributed by atoms with E-state index in [0.29, 0.717) is 30.6 Å². The van der Waals surface area contributed by atoms with Crippen molar-refractivity contribution in [2.75, 3.05) is 37.4 Å². The van der Waals surface area contributed by atoms with Gasteiger partial charge in [0.1, 0.15) is 0 Å². The van der Waals surface area contributed by atoms with Gasteiger partial charge in [-0.25, -0.2) is 8.78 Å². The van der Waals surface area contributed by atoms with E-state index in [2.05, 4.69) is 20.4 Å². The first kappa shape index (κ1) is 22.4. The van der Waals surface area contributed by atoms with Crippen molar-refractivity contribution in [1.82, 2.24) is 19.7 Å². The number of hydrogen-bond donors (Lipinski definition) is 1. The number of rotatable bonds is 8. The molecule has 2 heterocycles. The molecule has 1 aliphatic heterocycles. The first-order valence-corrected chi connectivity index (χ1v) is 11.2. The molecule has 0 radical (unpaired) electrons. The van der Waals surface area contributed by atoms with Gasteiger partial charge < -0.3 is 10.1 Å². The van der Waals surface area contributed by atoms with Crippen LogP contribution in [0.3, 0.4) is 0 Å². The number of carbonyl (C=O) groups excluding carboxylic acids is 1. The van der Waals surface area contributed by atoms with E-state index in [0.717, 1.165) is 24.6 Å². The second-order valence-corrected chi connectivity index (χ2v) is 8.16. The van der Waals surface area contributed by atoms with Gasteiger partial charge in [0.05, 0.1) is 25.5 Å². The summed E-state index contributed by atoms with van der Waals surface area (Å²) in [4.78, 5) is 14.7. The number of para-hydroxylation sites is 1. The molecule has 1 amide bonds. The Morgan fingerprint density at radius 3 is 2.47 bits per heavy atom. The third-order valence-corrected chi connectivity index (χ3v) is 5.89. The second kappa shape index (κ2) is 10.7. The normalized spacial score (nSPS) is 14.6. The number of hydrogen-bond acceptors (Lipinski definition) is 6. The summed E-state index contributed by atoms with van der Waals surface area (Å²) >= 11 is 1.27. The lowest BCUT2D eigenvalue weighted by atomic mass is 10.2. The zero-order chi connectivity index (χ0) is 22.3. The topological polar surface area (TPSA) is 72.3 Å². The number of halogens is 2. The van der Waals surface area contributed by atoms with Gasteiger partial charge in [-0.05, 0) is 24.3 Å². The Kier molecular flexibility index (Phi) is 7.46. The van der Waals surface area contributed by atoms with Gasteiger partial charge in [-0.15, -0.1) is 10.2 Å². The van der Waals surface area contributed by atoms with Crippen molar-refractivity contribution in [2.45, 2.75) is 18.1 Å². The number of ether oxygens (including phenoxy) is 1. The molecule has 1 N–H and O–H groups in total. The predicted octanol–water partition coefficient (Wildman–Crippen LogP) is 3.77. The van der Waals surface area contributed by atoms with Gasteiger partial charge in [0.25, 0.3) is 6.43 Å². The molecule has 7 nitrogen and oxygen atoms in total. The summed E-state index contributed by atoms with van der Waals surface area (Å²) in [5.74, 6) is 0.653. The van der Waals surface area contributed by atoms with E-state index in [-0.39, 0.29) is 17.2 Å². The minimum atomic E-state index is -2.54. The molecule has 168 valence electrons. The number of aromatic nitrogens is 3. The number of nitrogens with one attached hydrogen (secondary N) is 1. The fourth-order valence-corrected chi connectivity index (χ4v) is 4.10. The Balaban J connectivity index is 1.44. The van der Waals surface area contributed by atoms with Crippen molar-refractivity contribution in [3.8, 4) is 5.69 Å². The number of nitrogens with zero attached hydrogens (tertiary/aromatic N) is 4. The Morgan fingerprint density at radius 1 is 1.06 bits per heavy atom. The standard InChI is InChI=1S/C22H23F2N5O2S/c23-21(24)16-6-8-17(9-7-16)25-20(30)15-32-22-27-26-19(14-28-10-12-31-13-11-28)29(22)18-4-2-1-3-5-18/h1-9,21H,10-15H2,(H,25,30). The molecule has 0 aliphatic carbocycles. The Labute approximate surface area is 188 Å². The highest BCUT2D eigenvalue weighted by Gasteiger charge is 2.19. The highest BCUT2D eigenvalue weighted by Crippen LogP contribution is 2.24. The molecule has 0 atom stereocenters. The van der Waals surface area contributed by atoms with Gasteiger partial charge in [-0.3, -0.25) is 14.3 Å². The van der Waals surface area contributed by atoms with Crippen molar-refractivity contribution in [1.29, 1.82) is 0 Å². The lowest BCUT2D eigenvalue weighted by molar-refractivity contribution is -0.113. The van der Waals surface area contributed by atoms with E-state index in [4.69, 9.17) is 4.74 Å². The fourth-order valence-electron chi connectivity index (χ4n) is 3.33. The molecular weight excluding hydrogens is 436 g/mol. The number of benzene rings is 2. The molecule has 4 rings (SSSR count). The van der Waals surface area contributed by atoms with E-state index in [9.17, 15) is 13.6 Å². The third-order valence-electron chi connectivity index (χ3n) is 4.96. The maximum absolute atomic E-state index is 12.7. The van der Waals surface area contributed by atoms with E-state index in [1.807, 2.05) is 34.9 Å². The Bertz CT molecular complexity index is 1020. The summed E-state index contributed by atoms with van der Waals surface area (Å²) in [6, 6.07) is 15.3. The zero-order valence-electron chi connectivity index (χ0n) is 17.3. The van der Waals surface area contributed by atoms with Crippen LogP contribution in [0.4, 0.5) is 14.5 Å². The maximum atomic E-state index is 12.7. The molecule has 1 aromatic heterocycles. The molecule has 1 fully saturated rings. The highest BCUT2D eigenvalue weighted by atomic mass is 32.2. The monoisotopic (exact) mass is 459 g/mol. The molecule has 1 aliphatic rings. The summed E-state index contributed by atoms with van der Waals surface area (Å²) in [6.45, 7) is 3.68. The molecule has 0 saturated carbocycles. The van der Waals surface area contributed by atoms with E-state index < -0.39 is 6.43 Å². The van der Waals surface area contributed by atoms with Crippen LogP contribution in [-0.2, 0) is 16.1 Å². The molecule has 0 spiro atoms. The number of amides is 1. The van der Waals surface area contributed by atoms with Crippen LogP contribution in [-0.4, -0.2) is 57.6 Å².